The van der Waals surface area contributed by atoms with Crippen LogP contribution in [0.4, 0.5) is 0 Å². The van der Waals surface area contributed by atoms with Gasteiger partial charge in [0.2, 0.25) is 5.71 Å². The van der Waals surface area contributed by atoms with E-state index in [0.717, 1.165) is 99.6 Å². The molecule has 0 fully saturated rings. The maximum Gasteiger partial charge on any atom is 0.231 e. The number of para-hydroxylation sites is 2. The average Bonchev–Trinajstić information content (AvgIpc) is 4.42. The molecule has 14 aromatic rings. The van der Waals surface area contributed by atoms with Crippen LogP contribution in [-0.2, 0) is 5.41 Å². The van der Waals surface area contributed by atoms with Gasteiger partial charge in [0.05, 0.1) is 16.5 Å². The number of hydrogen-bond acceptors (Lipinski definition) is 4. The number of hydrogen-bond donors (Lipinski definition) is 0. The second-order valence-corrected chi connectivity index (χ2v) is 19.9. The van der Waals surface area contributed by atoms with Crippen LogP contribution in [0.2, 0.25) is 0 Å². The van der Waals surface area contributed by atoms with Crippen molar-refractivity contribution in [3.8, 4) is 89.4 Å². The molecule has 0 saturated carbocycles. The first-order valence-corrected chi connectivity index (χ1v) is 25.6. The number of rotatable bonds is 6. The van der Waals surface area contributed by atoms with E-state index < -0.39 is 5.41 Å². The highest BCUT2D eigenvalue weighted by atomic mass is 16.3. The standard InChI is InChI=1S/C71H42N2O2/c1-3-16-43(17-4-1)49-38-50(44-18-5-2-6-19-44)40-51(39-49)69-72-67(46-32-30-45(31-33-46)52-24-15-25-58-57-23-10-14-29-64(57)74-68(52)58)66-59-41-47(35-37-65(59)75-70(66)73-69)48-34-36-56-55-22-9-13-28-62(55)71(63(56)42-48)60-26-11-7-20-53(60)54-21-8-12-27-61(54)71/h1-42H. The lowest BCUT2D eigenvalue weighted by Gasteiger charge is -2.30. The number of fused-ring (bicyclic) bond motifs is 16. The highest BCUT2D eigenvalue weighted by molar-refractivity contribution is 6.13. The Morgan fingerprint density at radius 3 is 1.47 bits per heavy atom. The molecular formula is C71H42N2O2. The summed E-state index contributed by atoms with van der Waals surface area (Å²) in [5.41, 5.74) is 24.4. The maximum absolute atomic E-state index is 6.87. The van der Waals surface area contributed by atoms with Crippen LogP contribution in [0.5, 0.6) is 0 Å². The molecule has 75 heavy (non-hydrogen) atoms. The van der Waals surface area contributed by atoms with Gasteiger partial charge in [-0.2, -0.15) is 4.98 Å². The first kappa shape index (κ1) is 41.7. The number of furan rings is 2. The van der Waals surface area contributed by atoms with Crippen LogP contribution in [0, 0.1) is 0 Å². The van der Waals surface area contributed by atoms with Crippen molar-refractivity contribution in [2.75, 3.05) is 0 Å². The summed E-state index contributed by atoms with van der Waals surface area (Å²) in [4.78, 5) is 10.9. The number of benzene rings is 11. The van der Waals surface area contributed by atoms with Gasteiger partial charge in [-0.3, -0.25) is 0 Å². The van der Waals surface area contributed by atoms with Crippen LogP contribution in [0.25, 0.3) is 133 Å². The van der Waals surface area contributed by atoms with Crippen LogP contribution in [-0.4, -0.2) is 9.97 Å². The van der Waals surface area contributed by atoms with Crippen molar-refractivity contribution in [1.82, 2.24) is 9.97 Å². The second-order valence-electron chi connectivity index (χ2n) is 19.9. The normalized spacial score (nSPS) is 12.9. The lowest BCUT2D eigenvalue weighted by Crippen LogP contribution is -2.25. The number of nitrogens with zero attached hydrogens (tertiary/aromatic N) is 2. The zero-order valence-corrected chi connectivity index (χ0v) is 40.5. The second kappa shape index (κ2) is 16.1. The maximum atomic E-state index is 6.87. The molecule has 0 radical (unpaired) electrons. The fourth-order valence-electron chi connectivity index (χ4n) is 12.6. The van der Waals surface area contributed by atoms with Crippen molar-refractivity contribution in [2.45, 2.75) is 5.41 Å². The third-order valence-corrected chi connectivity index (χ3v) is 15.9. The predicted octanol–water partition coefficient (Wildman–Crippen LogP) is 18.6. The van der Waals surface area contributed by atoms with Gasteiger partial charge < -0.3 is 8.83 Å². The molecule has 3 aromatic heterocycles. The molecule has 2 aliphatic rings. The molecule has 3 heterocycles. The molecule has 0 N–H and O–H groups in total. The summed E-state index contributed by atoms with van der Waals surface area (Å²) in [5, 5.41) is 4.04. The van der Waals surface area contributed by atoms with E-state index in [1.54, 1.807) is 0 Å². The average molecular weight is 955 g/mol. The monoisotopic (exact) mass is 954 g/mol. The Balaban J connectivity index is 0.896. The summed E-state index contributed by atoms with van der Waals surface area (Å²) in [7, 11) is 0. The topological polar surface area (TPSA) is 52.1 Å². The lowest BCUT2D eigenvalue weighted by molar-refractivity contribution is 0.653. The van der Waals surface area contributed by atoms with E-state index >= 15 is 0 Å². The van der Waals surface area contributed by atoms with Gasteiger partial charge in [0.25, 0.3) is 0 Å². The molecule has 0 aliphatic heterocycles. The largest absolute Gasteiger partial charge is 0.455 e. The molecule has 2 aliphatic carbocycles. The molecule has 11 aromatic carbocycles. The molecule has 0 saturated heterocycles. The summed E-state index contributed by atoms with van der Waals surface area (Å²) < 4.78 is 13.4. The summed E-state index contributed by atoms with van der Waals surface area (Å²) >= 11 is 0. The van der Waals surface area contributed by atoms with Crippen LogP contribution in [0.3, 0.4) is 0 Å². The van der Waals surface area contributed by atoms with E-state index in [4.69, 9.17) is 18.8 Å². The van der Waals surface area contributed by atoms with Gasteiger partial charge in [-0.05, 0) is 126 Å². The van der Waals surface area contributed by atoms with Gasteiger partial charge in [-0.1, -0.05) is 212 Å². The third-order valence-electron chi connectivity index (χ3n) is 15.9. The Bertz CT molecular complexity index is 4520. The highest BCUT2D eigenvalue weighted by Crippen LogP contribution is 2.63. The van der Waals surface area contributed by atoms with Gasteiger partial charge >= 0.3 is 0 Å². The van der Waals surface area contributed by atoms with Crippen molar-refractivity contribution in [3.63, 3.8) is 0 Å². The zero-order valence-electron chi connectivity index (χ0n) is 40.5. The van der Waals surface area contributed by atoms with Crippen molar-refractivity contribution >= 4 is 44.0 Å². The van der Waals surface area contributed by atoms with Gasteiger partial charge in [0.1, 0.15) is 16.7 Å². The van der Waals surface area contributed by atoms with E-state index in [0.29, 0.717) is 11.5 Å². The minimum absolute atomic E-state index is 0.445. The van der Waals surface area contributed by atoms with E-state index in [1.807, 2.05) is 12.1 Å². The van der Waals surface area contributed by atoms with Gasteiger partial charge in [-0.15, -0.1) is 0 Å². The first-order chi connectivity index (χ1) is 37.2. The Labute approximate surface area is 432 Å². The fourth-order valence-corrected chi connectivity index (χ4v) is 12.6. The van der Waals surface area contributed by atoms with Crippen molar-refractivity contribution in [1.29, 1.82) is 0 Å². The van der Waals surface area contributed by atoms with Crippen LogP contribution < -0.4 is 0 Å². The van der Waals surface area contributed by atoms with Crippen molar-refractivity contribution < 1.29 is 8.83 Å². The molecule has 0 unspecified atom stereocenters. The van der Waals surface area contributed by atoms with Crippen LogP contribution >= 0.6 is 0 Å². The Kier molecular flexibility index (Phi) is 8.92. The highest BCUT2D eigenvalue weighted by Gasteiger charge is 2.51. The SMILES string of the molecule is c1ccc(-c2cc(-c3ccccc3)cc(-c3nc(-c4ccc(-c5cccc6c5oc5ccccc56)cc4)c4c(n3)oc3ccc(-c5ccc6c(c5)C5(c7ccccc7-c7ccccc75)c5ccccc5-6)cc34)c2)cc1. The van der Waals surface area contributed by atoms with Gasteiger partial charge in [-0.25, -0.2) is 4.98 Å². The molecule has 0 atom stereocenters. The van der Waals surface area contributed by atoms with Gasteiger partial charge in [0, 0.05) is 32.8 Å². The molecule has 1 spiro atoms. The van der Waals surface area contributed by atoms with E-state index in [-0.39, 0.29) is 0 Å². The van der Waals surface area contributed by atoms with E-state index in [2.05, 4.69) is 243 Å². The zero-order chi connectivity index (χ0) is 49.2. The van der Waals surface area contributed by atoms with Crippen molar-refractivity contribution in [3.05, 3.63) is 277 Å². The lowest BCUT2D eigenvalue weighted by atomic mass is 9.70. The minimum Gasteiger partial charge on any atom is -0.455 e. The van der Waals surface area contributed by atoms with Crippen molar-refractivity contribution in [2.24, 2.45) is 0 Å². The summed E-state index contributed by atoms with van der Waals surface area (Å²) in [5.74, 6) is 0.587. The van der Waals surface area contributed by atoms with Crippen LogP contribution in [0.1, 0.15) is 22.3 Å². The van der Waals surface area contributed by atoms with Crippen LogP contribution in [0.15, 0.2) is 264 Å². The Morgan fingerprint density at radius 2 is 0.787 bits per heavy atom. The first-order valence-electron chi connectivity index (χ1n) is 25.6. The Hall–Kier alpha value is -9.90. The van der Waals surface area contributed by atoms with E-state index in [1.165, 1.54) is 44.5 Å². The predicted molar refractivity (Wildman–Crippen MR) is 306 cm³/mol. The molecular weight excluding hydrogens is 913 g/mol. The number of aromatic nitrogens is 2. The molecule has 16 rings (SSSR count). The summed E-state index contributed by atoms with van der Waals surface area (Å²) in [6.45, 7) is 0. The summed E-state index contributed by atoms with van der Waals surface area (Å²) in [6.07, 6.45) is 0. The molecule has 0 bridgehead atoms. The molecule has 348 valence electrons. The smallest absolute Gasteiger partial charge is 0.231 e. The van der Waals surface area contributed by atoms with E-state index in [9.17, 15) is 0 Å². The summed E-state index contributed by atoms with van der Waals surface area (Å²) in [6, 6.07) is 91.6. The minimum atomic E-state index is -0.445. The third kappa shape index (κ3) is 6.17. The Morgan fingerprint density at radius 1 is 0.280 bits per heavy atom. The van der Waals surface area contributed by atoms with Gasteiger partial charge in [0.15, 0.2) is 5.82 Å². The molecule has 4 heteroatoms. The molecule has 4 nitrogen and oxygen atoms in total. The quantitative estimate of drug-likeness (QED) is 0.167. The molecule has 0 amide bonds. The fraction of sp³-hybridized carbons (Fsp3) is 0.0141.